The summed E-state index contributed by atoms with van der Waals surface area (Å²) in [6.45, 7) is 2.12. The van der Waals surface area contributed by atoms with Crippen molar-refractivity contribution in [2.75, 3.05) is 32.1 Å². The van der Waals surface area contributed by atoms with Crippen molar-refractivity contribution in [1.29, 1.82) is 0 Å². The van der Waals surface area contributed by atoms with Crippen molar-refractivity contribution >= 4 is 21.6 Å². The Morgan fingerprint density at radius 3 is 2.15 bits per heavy atom. The highest BCUT2D eigenvalue weighted by Crippen LogP contribution is 2.35. The molecule has 1 atom stereocenters. The van der Waals surface area contributed by atoms with E-state index in [1.807, 2.05) is 43.3 Å². The van der Waals surface area contributed by atoms with Gasteiger partial charge in [-0.3, -0.25) is 4.79 Å². The smallest absolute Gasteiger partial charge is 0.245 e. The van der Waals surface area contributed by atoms with Crippen LogP contribution in [0.3, 0.4) is 0 Å². The third-order valence-corrected chi connectivity index (χ3v) is 6.46. The highest BCUT2D eigenvalue weighted by molar-refractivity contribution is 7.89. The second-order valence-corrected chi connectivity index (χ2v) is 8.39. The minimum absolute atomic E-state index is 0.141. The quantitative estimate of drug-likeness (QED) is 0.825. The number of hydrogen-bond acceptors (Lipinski definition) is 4. The Morgan fingerprint density at radius 2 is 1.62 bits per heavy atom. The van der Waals surface area contributed by atoms with E-state index in [0.717, 1.165) is 11.3 Å². The molecule has 7 heteroatoms. The number of rotatable bonds is 4. The van der Waals surface area contributed by atoms with Crippen LogP contribution in [0, 0.1) is 0 Å². The van der Waals surface area contributed by atoms with E-state index in [2.05, 4.69) is 0 Å². The van der Waals surface area contributed by atoms with E-state index in [1.165, 1.54) is 11.2 Å². The van der Waals surface area contributed by atoms with Crippen LogP contribution in [-0.2, 0) is 14.8 Å². The zero-order valence-electron chi connectivity index (χ0n) is 15.2. The maximum absolute atomic E-state index is 13.1. The molecule has 1 amide bonds. The van der Waals surface area contributed by atoms with E-state index in [4.69, 9.17) is 0 Å². The van der Waals surface area contributed by atoms with Crippen molar-refractivity contribution < 1.29 is 13.2 Å². The van der Waals surface area contributed by atoms with E-state index in [1.54, 1.807) is 35.2 Å². The summed E-state index contributed by atoms with van der Waals surface area (Å²) in [4.78, 5) is 15.9. The first-order chi connectivity index (χ1) is 12.3. The van der Waals surface area contributed by atoms with Gasteiger partial charge in [-0.1, -0.05) is 30.3 Å². The predicted molar refractivity (Wildman–Crippen MR) is 101 cm³/mol. The fraction of sp³-hybridized carbons (Fsp3) is 0.316. The molecule has 0 spiro atoms. The molecule has 0 unspecified atom stereocenters. The highest BCUT2D eigenvalue weighted by atomic mass is 32.2. The second kappa shape index (κ2) is 7.09. The molecule has 0 aromatic heterocycles. The third kappa shape index (κ3) is 3.32. The van der Waals surface area contributed by atoms with Gasteiger partial charge in [-0.15, -0.1) is 0 Å². The maximum atomic E-state index is 13.1. The summed E-state index contributed by atoms with van der Waals surface area (Å²) in [6.07, 6.45) is -0.631. The molecule has 0 bridgehead atoms. The SMILES string of the molecule is CC(=O)N1CCN(S(=O)(=O)c2ccccc2)[C@@H]1c1ccc(N(C)C)cc1. The number of benzene rings is 2. The van der Waals surface area contributed by atoms with E-state index in [-0.39, 0.29) is 17.3 Å². The summed E-state index contributed by atoms with van der Waals surface area (Å²) < 4.78 is 27.7. The van der Waals surface area contributed by atoms with Gasteiger partial charge in [0.25, 0.3) is 0 Å². The summed E-state index contributed by atoms with van der Waals surface area (Å²) in [5.41, 5.74) is 1.79. The summed E-state index contributed by atoms with van der Waals surface area (Å²) in [5.74, 6) is -0.141. The normalized spacial score (nSPS) is 18.1. The maximum Gasteiger partial charge on any atom is 0.245 e. The van der Waals surface area contributed by atoms with Crippen molar-refractivity contribution in [1.82, 2.24) is 9.21 Å². The number of anilines is 1. The van der Waals surface area contributed by atoms with E-state index in [9.17, 15) is 13.2 Å². The van der Waals surface area contributed by atoms with E-state index < -0.39 is 16.2 Å². The summed E-state index contributed by atoms with van der Waals surface area (Å²) >= 11 is 0. The van der Waals surface area contributed by atoms with Crippen LogP contribution in [0.1, 0.15) is 18.7 Å². The molecule has 6 nitrogen and oxygen atoms in total. The van der Waals surface area contributed by atoms with Crippen molar-refractivity contribution in [3.63, 3.8) is 0 Å². The molecule has 1 fully saturated rings. The largest absolute Gasteiger partial charge is 0.378 e. The van der Waals surface area contributed by atoms with Gasteiger partial charge in [-0.25, -0.2) is 8.42 Å². The van der Waals surface area contributed by atoms with Gasteiger partial charge in [0.1, 0.15) is 6.17 Å². The Balaban J connectivity index is 2.03. The van der Waals surface area contributed by atoms with Crippen LogP contribution in [0.5, 0.6) is 0 Å². The van der Waals surface area contributed by atoms with Gasteiger partial charge in [-0.05, 0) is 29.8 Å². The highest BCUT2D eigenvalue weighted by Gasteiger charge is 2.42. The topological polar surface area (TPSA) is 60.9 Å². The first kappa shape index (κ1) is 18.4. The Morgan fingerprint density at radius 1 is 1.00 bits per heavy atom. The third-order valence-electron chi connectivity index (χ3n) is 4.59. The lowest BCUT2D eigenvalue weighted by atomic mass is 10.1. The fourth-order valence-electron chi connectivity index (χ4n) is 3.21. The van der Waals surface area contributed by atoms with Crippen molar-refractivity contribution in [2.24, 2.45) is 0 Å². The molecular weight excluding hydrogens is 350 g/mol. The standard InChI is InChI=1S/C19H23N3O3S/c1-15(23)21-13-14-22(26(24,25)18-7-5-4-6-8-18)19(21)16-9-11-17(12-10-16)20(2)3/h4-12,19H,13-14H2,1-3H3/t19-/m1/s1. The lowest BCUT2D eigenvalue weighted by Gasteiger charge is -2.29. The lowest BCUT2D eigenvalue weighted by molar-refractivity contribution is -0.130. The first-order valence-corrected chi connectivity index (χ1v) is 9.88. The number of sulfonamides is 1. The van der Waals surface area contributed by atoms with Crippen molar-refractivity contribution in [2.45, 2.75) is 18.0 Å². The molecule has 1 heterocycles. The molecule has 138 valence electrons. The van der Waals surface area contributed by atoms with Crippen LogP contribution in [0.2, 0.25) is 0 Å². The van der Waals surface area contributed by atoms with Crippen LogP contribution in [-0.4, -0.2) is 50.7 Å². The minimum Gasteiger partial charge on any atom is -0.378 e. The van der Waals surface area contributed by atoms with Crippen LogP contribution < -0.4 is 4.90 Å². The number of carbonyl (C=O) groups is 1. The van der Waals surface area contributed by atoms with E-state index >= 15 is 0 Å². The number of nitrogens with zero attached hydrogens (tertiary/aromatic N) is 3. The molecule has 2 aromatic carbocycles. The van der Waals surface area contributed by atoms with Gasteiger partial charge >= 0.3 is 0 Å². The van der Waals surface area contributed by atoms with Crippen LogP contribution >= 0.6 is 0 Å². The fourth-order valence-corrected chi connectivity index (χ4v) is 4.80. The average Bonchev–Trinajstić information content (AvgIpc) is 3.08. The van der Waals surface area contributed by atoms with Crippen LogP contribution in [0.4, 0.5) is 5.69 Å². The molecular formula is C19H23N3O3S. The summed E-state index contributed by atoms with van der Waals surface area (Å²) in [6, 6.07) is 16.0. The van der Waals surface area contributed by atoms with Gasteiger partial charge in [0, 0.05) is 39.8 Å². The van der Waals surface area contributed by atoms with Crippen molar-refractivity contribution in [3.05, 3.63) is 60.2 Å². The van der Waals surface area contributed by atoms with Crippen molar-refractivity contribution in [3.8, 4) is 0 Å². The molecule has 2 aromatic rings. The monoisotopic (exact) mass is 373 g/mol. The molecule has 0 saturated carbocycles. The Bertz CT molecular complexity index is 880. The molecule has 0 radical (unpaired) electrons. The minimum atomic E-state index is -3.70. The Hall–Kier alpha value is -2.38. The number of carbonyl (C=O) groups excluding carboxylic acids is 1. The molecule has 0 N–H and O–H groups in total. The number of hydrogen-bond donors (Lipinski definition) is 0. The lowest BCUT2D eigenvalue weighted by Crippen LogP contribution is -2.37. The molecule has 0 aliphatic carbocycles. The van der Waals surface area contributed by atoms with Gasteiger partial charge in [-0.2, -0.15) is 4.31 Å². The Kier molecular flexibility index (Phi) is 5.02. The molecule has 3 rings (SSSR count). The van der Waals surface area contributed by atoms with Crippen LogP contribution in [0.25, 0.3) is 0 Å². The molecule has 1 aliphatic rings. The summed E-state index contributed by atoms with van der Waals surface area (Å²) in [7, 11) is 0.186. The van der Waals surface area contributed by atoms with E-state index in [0.29, 0.717) is 6.54 Å². The summed E-state index contributed by atoms with van der Waals surface area (Å²) in [5, 5.41) is 0. The van der Waals surface area contributed by atoms with Gasteiger partial charge < -0.3 is 9.80 Å². The van der Waals surface area contributed by atoms with Gasteiger partial charge in [0.2, 0.25) is 15.9 Å². The first-order valence-electron chi connectivity index (χ1n) is 8.44. The zero-order chi connectivity index (χ0) is 18.9. The zero-order valence-corrected chi connectivity index (χ0v) is 16.0. The Labute approximate surface area is 154 Å². The number of amides is 1. The predicted octanol–water partition coefficient (Wildman–Crippen LogP) is 2.30. The average molecular weight is 373 g/mol. The molecule has 1 aliphatic heterocycles. The molecule has 26 heavy (non-hydrogen) atoms. The van der Waals surface area contributed by atoms with Crippen LogP contribution in [0.15, 0.2) is 59.5 Å². The van der Waals surface area contributed by atoms with Gasteiger partial charge in [0.05, 0.1) is 4.90 Å². The molecule has 1 saturated heterocycles. The van der Waals surface area contributed by atoms with Gasteiger partial charge in [0.15, 0.2) is 0 Å². The second-order valence-electron chi connectivity index (χ2n) is 6.50.